The van der Waals surface area contributed by atoms with Gasteiger partial charge in [-0.25, -0.2) is 4.39 Å². The number of halogens is 1. The van der Waals surface area contributed by atoms with Crippen LogP contribution in [0.5, 0.6) is 0 Å². The second-order valence-corrected chi connectivity index (χ2v) is 7.16. The molecule has 2 aliphatic heterocycles. The minimum atomic E-state index is -0.312. The van der Waals surface area contributed by atoms with E-state index in [0.717, 1.165) is 32.4 Å². The van der Waals surface area contributed by atoms with Gasteiger partial charge in [-0.15, -0.1) is 0 Å². The van der Waals surface area contributed by atoms with Crippen molar-refractivity contribution in [3.63, 3.8) is 0 Å². The predicted octanol–water partition coefficient (Wildman–Crippen LogP) is 3.00. The maximum atomic E-state index is 13.2. The largest absolute Gasteiger partial charge is 0.342 e. The lowest BCUT2D eigenvalue weighted by Gasteiger charge is -2.47. The summed E-state index contributed by atoms with van der Waals surface area (Å²) in [5.41, 5.74) is 1.43. The van der Waals surface area contributed by atoms with E-state index < -0.39 is 0 Å². The highest BCUT2D eigenvalue weighted by atomic mass is 19.1. The summed E-state index contributed by atoms with van der Waals surface area (Å²) >= 11 is 0. The predicted molar refractivity (Wildman–Crippen MR) is 90.2 cm³/mol. The van der Waals surface area contributed by atoms with Gasteiger partial charge in [0.2, 0.25) is 5.91 Å². The van der Waals surface area contributed by atoms with Crippen LogP contribution in [0, 0.1) is 18.2 Å². The Kier molecular flexibility index (Phi) is 4.61. The van der Waals surface area contributed by atoms with Crippen molar-refractivity contribution in [2.75, 3.05) is 26.2 Å². The lowest BCUT2D eigenvalue weighted by Crippen LogP contribution is -2.52. The topological polar surface area (TPSA) is 40.6 Å². The molecule has 3 rings (SSSR count). The molecular weight excluding hydrogens is 307 g/mol. The number of rotatable bonds is 2. The van der Waals surface area contributed by atoms with Crippen LogP contribution in [0.2, 0.25) is 0 Å². The van der Waals surface area contributed by atoms with Crippen LogP contribution in [0.15, 0.2) is 18.2 Å². The molecule has 0 bridgehead atoms. The second kappa shape index (κ2) is 6.54. The molecule has 130 valence electrons. The van der Waals surface area contributed by atoms with Gasteiger partial charge in [0.15, 0.2) is 0 Å². The molecule has 24 heavy (non-hydrogen) atoms. The van der Waals surface area contributed by atoms with E-state index in [-0.39, 0.29) is 23.0 Å². The van der Waals surface area contributed by atoms with Crippen molar-refractivity contribution in [1.29, 1.82) is 0 Å². The molecule has 2 heterocycles. The lowest BCUT2D eigenvalue weighted by atomic mass is 9.72. The molecule has 0 aromatic heterocycles. The highest BCUT2D eigenvalue weighted by Crippen LogP contribution is 2.40. The zero-order chi connectivity index (χ0) is 17.3. The Hall–Kier alpha value is -1.91. The van der Waals surface area contributed by atoms with Crippen molar-refractivity contribution >= 4 is 11.8 Å². The van der Waals surface area contributed by atoms with E-state index in [1.165, 1.54) is 12.1 Å². The molecule has 2 fully saturated rings. The first kappa shape index (κ1) is 16.9. The first-order valence-corrected chi connectivity index (χ1v) is 8.77. The summed E-state index contributed by atoms with van der Waals surface area (Å²) in [4.78, 5) is 28.4. The summed E-state index contributed by atoms with van der Waals surface area (Å²) in [5, 5.41) is 0. The molecule has 2 aliphatic rings. The third-order valence-corrected chi connectivity index (χ3v) is 5.66. The van der Waals surface area contributed by atoms with E-state index in [0.29, 0.717) is 30.6 Å². The van der Waals surface area contributed by atoms with Crippen LogP contribution in [0.4, 0.5) is 4.39 Å². The summed E-state index contributed by atoms with van der Waals surface area (Å²) < 4.78 is 13.2. The molecular formula is C19H25FN2O2. The molecule has 5 heteroatoms. The number of likely N-dealkylation sites (tertiary alicyclic amines) is 2. The van der Waals surface area contributed by atoms with E-state index in [4.69, 9.17) is 0 Å². The van der Waals surface area contributed by atoms with E-state index in [1.807, 2.05) is 16.7 Å². The molecule has 0 saturated carbocycles. The zero-order valence-electron chi connectivity index (χ0n) is 14.5. The Morgan fingerprint density at radius 2 is 1.96 bits per heavy atom. The van der Waals surface area contributed by atoms with Gasteiger partial charge in [-0.05, 0) is 62.3 Å². The molecule has 0 aliphatic carbocycles. The van der Waals surface area contributed by atoms with E-state index >= 15 is 0 Å². The molecule has 4 nitrogen and oxygen atoms in total. The monoisotopic (exact) mass is 332 g/mol. The van der Waals surface area contributed by atoms with Crippen LogP contribution < -0.4 is 0 Å². The highest BCUT2D eigenvalue weighted by molar-refractivity contribution is 5.95. The standard InChI is InChI=1S/C19H25FN2O2/c1-3-21-13-19(7-6-17(21)23)8-10-22(11-9-19)18(24)16-5-4-15(20)12-14(16)2/h4-5,12H,3,6-11,13H2,1-2H3. The number of hydrogen-bond acceptors (Lipinski definition) is 2. The Balaban J connectivity index is 1.66. The van der Waals surface area contributed by atoms with Crippen molar-refractivity contribution in [1.82, 2.24) is 9.80 Å². The quantitative estimate of drug-likeness (QED) is 0.835. The summed E-state index contributed by atoms with van der Waals surface area (Å²) in [6.45, 7) is 6.79. The van der Waals surface area contributed by atoms with Crippen molar-refractivity contribution in [3.8, 4) is 0 Å². The maximum Gasteiger partial charge on any atom is 0.254 e. The fraction of sp³-hybridized carbons (Fsp3) is 0.579. The Morgan fingerprint density at radius 1 is 1.25 bits per heavy atom. The number of carbonyl (C=O) groups is 2. The number of piperidine rings is 2. The highest BCUT2D eigenvalue weighted by Gasteiger charge is 2.41. The average molecular weight is 332 g/mol. The first-order chi connectivity index (χ1) is 11.4. The molecule has 2 saturated heterocycles. The fourth-order valence-electron chi connectivity index (χ4n) is 4.02. The molecule has 0 atom stereocenters. The van der Waals surface area contributed by atoms with Crippen LogP contribution in [0.1, 0.15) is 48.5 Å². The number of benzene rings is 1. The van der Waals surface area contributed by atoms with Gasteiger partial charge in [0, 0.05) is 38.2 Å². The van der Waals surface area contributed by atoms with Crippen molar-refractivity contribution in [3.05, 3.63) is 35.1 Å². The molecule has 1 spiro atoms. The maximum absolute atomic E-state index is 13.2. The smallest absolute Gasteiger partial charge is 0.254 e. The number of amides is 2. The fourth-order valence-corrected chi connectivity index (χ4v) is 4.02. The van der Waals surface area contributed by atoms with Crippen molar-refractivity contribution in [2.24, 2.45) is 5.41 Å². The molecule has 1 aromatic carbocycles. The number of carbonyl (C=O) groups excluding carboxylic acids is 2. The third kappa shape index (κ3) is 3.17. The van der Waals surface area contributed by atoms with Gasteiger partial charge in [-0.2, -0.15) is 0 Å². The van der Waals surface area contributed by atoms with E-state index in [1.54, 1.807) is 13.0 Å². The van der Waals surface area contributed by atoms with Crippen LogP contribution in [0.3, 0.4) is 0 Å². The van der Waals surface area contributed by atoms with Gasteiger partial charge in [0.1, 0.15) is 5.82 Å². The van der Waals surface area contributed by atoms with E-state index in [9.17, 15) is 14.0 Å². The van der Waals surface area contributed by atoms with Gasteiger partial charge in [-0.3, -0.25) is 9.59 Å². The Morgan fingerprint density at radius 3 is 2.58 bits per heavy atom. The molecule has 0 unspecified atom stereocenters. The van der Waals surface area contributed by atoms with Crippen LogP contribution in [-0.4, -0.2) is 47.8 Å². The minimum absolute atomic E-state index is 0.0124. The summed E-state index contributed by atoms with van der Waals surface area (Å²) in [6.07, 6.45) is 3.42. The molecule has 0 radical (unpaired) electrons. The lowest BCUT2D eigenvalue weighted by molar-refractivity contribution is -0.138. The van der Waals surface area contributed by atoms with E-state index in [2.05, 4.69) is 0 Å². The number of hydrogen-bond donors (Lipinski definition) is 0. The van der Waals surface area contributed by atoms with Crippen LogP contribution >= 0.6 is 0 Å². The van der Waals surface area contributed by atoms with Crippen molar-refractivity contribution < 1.29 is 14.0 Å². The van der Waals surface area contributed by atoms with Gasteiger partial charge in [-0.1, -0.05) is 0 Å². The van der Waals surface area contributed by atoms with Crippen LogP contribution in [-0.2, 0) is 4.79 Å². The average Bonchev–Trinajstić information content (AvgIpc) is 2.57. The van der Waals surface area contributed by atoms with Gasteiger partial charge < -0.3 is 9.80 Å². The third-order valence-electron chi connectivity index (χ3n) is 5.66. The molecule has 0 N–H and O–H groups in total. The zero-order valence-corrected chi connectivity index (χ0v) is 14.5. The summed E-state index contributed by atoms with van der Waals surface area (Å²) in [5.74, 6) is -0.0710. The molecule has 2 amide bonds. The number of aryl methyl sites for hydroxylation is 1. The summed E-state index contributed by atoms with van der Waals surface area (Å²) in [7, 11) is 0. The first-order valence-electron chi connectivity index (χ1n) is 8.77. The second-order valence-electron chi connectivity index (χ2n) is 7.16. The van der Waals surface area contributed by atoms with Gasteiger partial charge >= 0.3 is 0 Å². The Labute approximate surface area is 142 Å². The molecule has 1 aromatic rings. The SMILES string of the molecule is CCN1CC2(CCC1=O)CCN(C(=O)c1ccc(F)cc1C)CC2. The number of nitrogens with zero attached hydrogens (tertiary/aromatic N) is 2. The van der Waals surface area contributed by atoms with Crippen LogP contribution in [0.25, 0.3) is 0 Å². The van der Waals surface area contributed by atoms with Gasteiger partial charge in [0.05, 0.1) is 0 Å². The minimum Gasteiger partial charge on any atom is -0.342 e. The van der Waals surface area contributed by atoms with Crippen molar-refractivity contribution in [2.45, 2.75) is 39.5 Å². The normalized spacial score (nSPS) is 20.5. The van der Waals surface area contributed by atoms with Gasteiger partial charge in [0.25, 0.3) is 5.91 Å². The Bertz CT molecular complexity index is 651. The summed E-state index contributed by atoms with van der Waals surface area (Å²) in [6, 6.07) is 4.33.